The summed E-state index contributed by atoms with van der Waals surface area (Å²) in [4.78, 5) is -0.153. The molecule has 0 heterocycles. The third kappa shape index (κ3) is 4.36. The molecule has 0 aromatic heterocycles. The summed E-state index contributed by atoms with van der Waals surface area (Å²) < 4.78 is 26.9. The van der Waals surface area contributed by atoms with E-state index in [1.165, 1.54) is 12.1 Å². The molecular weight excluding hydrogens is 365 g/mol. The second-order valence-electron chi connectivity index (χ2n) is 3.73. The topological polar surface area (TPSA) is 66.4 Å². The van der Waals surface area contributed by atoms with Crippen molar-refractivity contribution in [2.45, 2.75) is 24.3 Å². The van der Waals surface area contributed by atoms with Crippen molar-refractivity contribution in [2.75, 3.05) is 6.54 Å². The van der Waals surface area contributed by atoms with E-state index in [0.717, 1.165) is 0 Å². The van der Waals surface area contributed by atoms with Crippen LogP contribution in [0.5, 0.6) is 0 Å². The number of nitrogens with one attached hydrogen (secondary N) is 1. The summed E-state index contributed by atoms with van der Waals surface area (Å²) in [7, 11) is -3.78. The van der Waals surface area contributed by atoms with Crippen molar-refractivity contribution in [1.82, 2.24) is 4.72 Å². The minimum atomic E-state index is -3.78. The van der Waals surface area contributed by atoms with Crippen LogP contribution < -0.4 is 4.72 Å². The number of aliphatic hydroxyl groups excluding tert-OH is 1. The van der Waals surface area contributed by atoms with E-state index in [9.17, 15) is 8.42 Å². The van der Waals surface area contributed by atoms with E-state index in [1.54, 1.807) is 6.92 Å². The molecule has 0 amide bonds. The van der Waals surface area contributed by atoms with Crippen molar-refractivity contribution >= 4 is 49.2 Å². The molecule has 0 spiro atoms. The van der Waals surface area contributed by atoms with E-state index in [4.69, 9.17) is 28.3 Å². The Morgan fingerprint density at radius 2 is 1.89 bits per heavy atom. The van der Waals surface area contributed by atoms with Gasteiger partial charge < -0.3 is 5.11 Å². The first kappa shape index (κ1) is 16.2. The highest BCUT2D eigenvalue weighted by atomic mass is 79.9. The van der Waals surface area contributed by atoms with Gasteiger partial charge in [-0.05, 0) is 25.5 Å². The van der Waals surface area contributed by atoms with Gasteiger partial charge in [0, 0.05) is 11.0 Å². The molecule has 18 heavy (non-hydrogen) atoms. The van der Waals surface area contributed by atoms with Gasteiger partial charge in [0.05, 0.1) is 16.1 Å². The molecule has 4 nitrogen and oxygen atoms in total. The molecular formula is C10H12BrCl2NO3S. The molecule has 1 aromatic carbocycles. The minimum Gasteiger partial charge on any atom is -0.393 e. The number of halogens is 3. The molecule has 0 radical (unpaired) electrons. The van der Waals surface area contributed by atoms with E-state index in [2.05, 4.69) is 20.7 Å². The van der Waals surface area contributed by atoms with Gasteiger partial charge in [-0.15, -0.1) is 0 Å². The molecule has 1 rings (SSSR count). The highest BCUT2D eigenvalue weighted by molar-refractivity contribution is 9.10. The third-order valence-electron chi connectivity index (χ3n) is 2.09. The van der Waals surface area contributed by atoms with Crippen molar-refractivity contribution in [3.8, 4) is 0 Å². The standard InChI is InChI=1S/C10H12BrCl2NO3S/c1-6(15)2-3-14-18(16,17)10-8(12)4-7(11)5-9(10)13/h4-6,14-15H,2-3H2,1H3. The average Bonchev–Trinajstić information content (AvgIpc) is 2.13. The van der Waals surface area contributed by atoms with Crippen molar-refractivity contribution in [2.24, 2.45) is 0 Å². The number of aliphatic hydroxyl groups is 1. The average molecular weight is 377 g/mol. The molecule has 0 fully saturated rings. The Morgan fingerprint density at radius 3 is 2.33 bits per heavy atom. The zero-order valence-corrected chi connectivity index (χ0v) is 13.4. The van der Waals surface area contributed by atoms with Gasteiger partial charge >= 0.3 is 0 Å². The largest absolute Gasteiger partial charge is 0.393 e. The van der Waals surface area contributed by atoms with Crippen molar-refractivity contribution in [3.63, 3.8) is 0 Å². The predicted molar refractivity (Wildman–Crippen MR) is 75.6 cm³/mol. The summed E-state index contributed by atoms with van der Waals surface area (Å²) in [6.45, 7) is 1.69. The number of rotatable bonds is 5. The monoisotopic (exact) mass is 375 g/mol. The van der Waals surface area contributed by atoms with E-state index in [-0.39, 0.29) is 21.5 Å². The van der Waals surface area contributed by atoms with Gasteiger partial charge in [0.1, 0.15) is 4.90 Å². The minimum absolute atomic E-state index is 0.0407. The van der Waals surface area contributed by atoms with Crippen LogP contribution in [0.1, 0.15) is 13.3 Å². The van der Waals surface area contributed by atoms with Gasteiger partial charge in [0.25, 0.3) is 0 Å². The molecule has 0 aliphatic rings. The summed E-state index contributed by atoms with van der Waals surface area (Å²) in [5.41, 5.74) is 0. The molecule has 0 aliphatic carbocycles. The molecule has 2 N–H and O–H groups in total. The summed E-state index contributed by atoms with van der Waals surface area (Å²) in [6, 6.07) is 2.91. The fourth-order valence-corrected chi connectivity index (χ4v) is 4.24. The fraction of sp³-hybridized carbons (Fsp3) is 0.400. The Morgan fingerprint density at radius 1 is 1.39 bits per heavy atom. The number of sulfonamides is 1. The smallest absolute Gasteiger partial charge is 0.243 e. The maximum Gasteiger partial charge on any atom is 0.243 e. The zero-order chi connectivity index (χ0) is 13.9. The lowest BCUT2D eigenvalue weighted by atomic mass is 10.3. The quantitative estimate of drug-likeness (QED) is 0.830. The number of benzene rings is 1. The lowest BCUT2D eigenvalue weighted by Crippen LogP contribution is -2.27. The van der Waals surface area contributed by atoms with Gasteiger partial charge in [-0.2, -0.15) is 0 Å². The molecule has 0 aliphatic heterocycles. The van der Waals surface area contributed by atoms with Crippen molar-refractivity contribution in [1.29, 1.82) is 0 Å². The van der Waals surface area contributed by atoms with Crippen LogP contribution in [0.15, 0.2) is 21.5 Å². The van der Waals surface area contributed by atoms with Gasteiger partial charge in [0.15, 0.2) is 0 Å². The van der Waals surface area contributed by atoms with Crippen LogP contribution in [-0.2, 0) is 10.0 Å². The van der Waals surface area contributed by atoms with Crippen molar-refractivity contribution < 1.29 is 13.5 Å². The summed E-state index contributed by atoms with van der Waals surface area (Å²) in [5.74, 6) is 0. The van der Waals surface area contributed by atoms with Gasteiger partial charge in [-0.3, -0.25) is 0 Å². The van der Waals surface area contributed by atoms with E-state index in [0.29, 0.717) is 10.9 Å². The summed E-state index contributed by atoms with van der Waals surface area (Å²) in [6.07, 6.45) is -0.270. The first-order valence-corrected chi connectivity index (χ1v) is 8.09. The third-order valence-corrected chi connectivity index (χ3v) is 4.93. The van der Waals surface area contributed by atoms with Gasteiger partial charge in [-0.25, -0.2) is 13.1 Å². The molecule has 0 saturated carbocycles. The molecule has 0 bridgehead atoms. The molecule has 1 unspecified atom stereocenters. The summed E-state index contributed by atoms with van der Waals surface area (Å²) in [5, 5.41) is 9.15. The van der Waals surface area contributed by atoms with Crippen LogP contribution in [0, 0.1) is 0 Å². The summed E-state index contributed by atoms with van der Waals surface area (Å²) >= 11 is 14.9. The van der Waals surface area contributed by atoms with Crippen LogP contribution in [0.2, 0.25) is 10.0 Å². The second-order valence-corrected chi connectivity index (χ2v) is 7.17. The molecule has 8 heteroatoms. The number of hydrogen-bond acceptors (Lipinski definition) is 3. The Kier molecular flexibility index (Phi) is 5.89. The normalized spacial score (nSPS) is 13.6. The second kappa shape index (κ2) is 6.54. The van der Waals surface area contributed by atoms with Gasteiger partial charge in [-0.1, -0.05) is 39.1 Å². The highest BCUT2D eigenvalue weighted by Gasteiger charge is 2.22. The van der Waals surface area contributed by atoms with Gasteiger partial charge in [0.2, 0.25) is 10.0 Å². The maximum atomic E-state index is 12.0. The Hall–Kier alpha value is 0.150. The van der Waals surface area contributed by atoms with Crippen LogP contribution in [-0.4, -0.2) is 26.2 Å². The Labute approximate surface area is 124 Å². The number of hydrogen-bond donors (Lipinski definition) is 2. The maximum absolute atomic E-state index is 12.0. The lowest BCUT2D eigenvalue weighted by Gasteiger charge is -2.11. The Bertz CT molecular complexity index is 511. The zero-order valence-electron chi connectivity index (χ0n) is 9.45. The van der Waals surface area contributed by atoms with Crippen LogP contribution in [0.4, 0.5) is 0 Å². The highest BCUT2D eigenvalue weighted by Crippen LogP contribution is 2.32. The first-order chi connectivity index (χ1) is 8.24. The van der Waals surface area contributed by atoms with E-state index in [1.807, 2.05) is 0 Å². The Balaban J connectivity index is 2.99. The fourth-order valence-electron chi connectivity index (χ4n) is 1.26. The van der Waals surface area contributed by atoms with Crippen LogP contribution >= 0.6 is 39.1 Å². The first-order valence-electron chi connectivity index (χ1n) is 5.06. The molecule has 102 valence electrons. The van der Waals surface area contributed by atoms with E-state index >= 15 is 0 Å². The lowest BCUT2D eigenvalue weighted by molar-refractivity contribution is 0.186. The van der Waals surface area contributed by atoms with E-state index < -0.39 is 16.1 Å². The molecule has 0 saturated heterocycles. The van der Waals surface area contributed by atoms with Crippen LogP contribution in [0.25, 0.3) is 0 Å². The molecule has 1 aromatic rings. The molecule has 1 atom stereocenters. The van der Waals surface area contributed by atoms with Crippen LogP contribution in [0.3, 0.4) is 0 Å². The van der Waals surface area contributed by atoms with Crippen molar-refractivity contribution in [3.05, 3.63) is 26.7 Å². The predicted octanol–water partition coefficient (Wildman–Crippen LogP) is 2.81. The SMILES string of the molecule is CC(O)CCNS(=O)(=O)c1c(Cl)cc(Br)cc1Cl.